The van der Waals surface area contributed by atoms with Crippen LogP contribution >= 0.6 is 0 Å². The lowest BCUT2D eigenvalue weighted by molar-refractivity contribution is -0.136. The minimum Gasteiger partial charge on any atom is -0.496 e. The van der Waals surface area contributed by atoms with Crippen molar-refractivity contribution in [2.45, 2.75) is 13.0 Å². The van der Waals surface area contributed by atoms with Crippen LogP contribution < -0.4 is 10.1 Å². The van der Waals surface area contributed by atoms with E-state index >= 15 is 0 Å². The summed E-state index contributed by atoms with van der Waals surface area (Å²) >= 11 is 0. The van der Waals surface area contributed by atoms with E-state index in [1.165, 1.54) is 0 Å². The van der Waals surface area contributed by atoms with E-state index in [0.29, 0.717) is 13.1 Å². The highest BCUT2D eigenvalue weighted by Crippen LogP contribution is 2.28. The topological polar surface area (TPSA) is 58.6 Å². The van der Waals surface area contributed by atoms with E-state index in [-0.39, 0.29) is 6.42 Å². The fraction of sp³-hybridized carbons (Fsp3) is 0.267. The van der Waals surface area contributed by atoms with Gasteiger partial charge in [-0.15, -0.1) is 0 Å². The molecule has 0 aliphatic heterocycles. The highest BCUT2D eigenvalue weighted by Gasteiger charge is 2.05. The van der Waals surface area contributed by atoms with Gasteiger partial charge in [0, 0.05) is 18.5 Å². The van der Waals surface area contributed by atoms with Crippen LogP contribution in [0.5, 0.6) is 5.75 Å². The molecule has 2 aromatic rings. The van der Waals surface area contributed by atoms with Crippen LogP contribution in [0.4, 0.5) is 0 Å². The average Bonchev–Trinajstić information content (AvgIpc) is 2.43. The molecule has 4 nitrogen and oxygen atoms in total. The summed E-state index contributed by atoms with van der Waals surface area (Å²) in [6.45, 7) is 1.12. The predicted molar refractivity (Wildman–Crippen MR) is 74.5 cm³/mol. The third-order valence-corrected chi connectivity index (χ3v) is 3.03. The molecule has 2 N–H and O–H groups in total. The lowest BCUT2D eigenvalue weighted by Gasteiger charge is -2.11. The number of hydrogen-bond acceptors (Lipinski definition) is 3. The quantitative estimate of drug-likeness (QED) is 0.782. The Morgan fingerprint density at radius 2 is 1.95 bits per heavy atom. The minimum atomic E-state index is -0.785. The first-order valence-corrected chi connectivity index (χ1v) is 6.19. The van der Waals surface area contributed by atoms with Gasteiger partial charge in [0.15, 0.2) is 0 Å². The summed E-state index contributed by atoms with van der Waals surface area (Å²) in [6, 6.07) is 12.0. The molecule has 100 valence electrons. The minimum absolute atomic E-state index is 0.133. The average molecular weight is 259 g/mol. The molecule has 0 bridgehead atoms. The van der Waals surface area contributed by atoms with E-state index in [1.54, 1.807) is 7.11 Å². The van der Waals surface area contributed by atoms with Gasteiger partial charge in [-0.2, -0.15) is 0 Å². The van der Waals surface area contributed by atoms with E-state index in [9.17, 15) is 4.79 Å². The van der Waals surface area contributed by atoms with Crippen molar-refractivity contribution in [1.29, 1.82) is 0 Å². The first-order chi connectivity index (χ1) is 9.22. The second kappa shape index (κ2) is 6.20. The van der Waals surface area contributed by atoms with Crippen molar-refractivity contribution in [3.63, 3.8) is 0 Å². The summed E-state index contributed by atoms with van der Waals surface area (Å²) in [6.07, 6.45) is 0.133. The van der Waals surface area contributed by atoms with Crippen LogP contribution in [0, 0.1) is 0 Å². The number of aliphatic carboxylic acids is 1. The molecule has 0 fully saturated rings. The first-order valence-electron chi connectivity index (χ1n) is 6.19. The number of methoxy groups -OCH3 is 1. The van der Waals surface area contributed by atoms with Gasteiger partial charge >= 0.3 is 5.97 Å². The Bertz CT molecular complexity index is 581. The maximum atomic E-state index is 10.4. The summed E-state index contributed by atoms with van der Waals surface area (Å²) in [4.78, 5) is 10.4. The summed E-state index contributed by atoms with van der Waals surface area (Å²) in [5.41, 5.74) is 1.14. The van der Waals surface area contributed by atoms with E-state index < -0.39 is 5.97 Å². The summed E-state index contributed by atoms with van der Waals surface area (Å²) in [5, 5.41) is 13.9. The van der Waals surface area contributed by atoms with Crippen LogP contribution in [0.25, 0.3) is 10.8 Å². The van der Waals surface area contributed by atoms with Gasteiger partial charge in [-0.1, -0.05) is 30.3 Å². The van der Waals surface area contributed by atoms with Crippen LogP contribution in [-0.2, 0) is 11.3 Å². The monoisotopic (exact) mass is 259 g/mol. The molecular weight excluding hydrogens is 242 g/mol. The number of benzene rings is 2. The summed E-state index contributed by atoms with van der Waals surface area (Å²) in [5.74, 6) is 0.0666. The van der Waals surface area contributed by atoms with Crippen LogP contribution in [0.3, 0.4) is 0 Å². The molecule has 2 rings (SSSR count). The Balaban J connectivity index is 2.17. The van der Waals surface area contributed by atoms with Gasteiger partial charge in [0.1, 0.15) is 5.75 Å². The predicted octanol–water partition coefficient (Wildman–Crippen LogP) is 2.41. The number of carboxylic acids is 1. The van der Waals surface area contributed by atoms with Crippen molar-refractivity contribution in [3.8, 4) is 5.75 Å². The number of ether oxygens (including phenoxy) is 1. The smallest absolute Gasteiger partial charge is 0.304 e. The molecule has 2 aromatic carbocycles. The fourth-order valence-corrected chi connectivity index (χ4v) is 2.08. The maximum Gasteiger partial charge on any atom is 0.304 e. The highest BCUT2D eigenvalue weighted by molar-refractivity contribution is 5.91. The van der Waals surface area contributed by atoms with Crippen LogP contribution in [0.15, 0.2) is 36.4 Å². The molecule has 0 aromatic heterocycles. The molecule has 0 heterocycles. The molecule has 0 aliphatic carbocycles. The Morgan fingerprint density at radius 1 is 1.21 bits per heavy atom. The molecule has 0 aliphatic rings. The number of hydrogen-bond donors (Lipinski definition) is 2. The Kier molecular flexibility index (Phi) is 4.36. The number of carboxylic acid groups (broad SMARTS) is 1. The van der Waals surface area contributed by atoms with E-state index in [4.69, 9.17) is 9.84 Å². The number of fused-ring (bicyclic) bond motifs is 1. The van der Waals surface area contributed by atoms with E-state index in [1.807, 2.05) is 36.4 Å². The normalized spacial score (nSPS) is 10.6. The zero-order valence-electron chi connectivity index (χ0n) is 10.8. The van der Waals surface area contributed by atoms with Crippen molar-refractivity contribution in [2.24, 2.45) is 0 Å². The second-order valence-electron chi connectivity index (χ2n) is 4.29. The number of carbonyl (C=O) groups is 1. The lowest BCUT2D eigenvalue weighted by Crippen LogP contribution is -2.17. The number of rotatable bonds is 6. The van der Waals surface area contributed by atoms with Gasteiger partial charge in [-0.05, 0) is 17.0 Å². The van der Waals surface area contributed by atoms with Gasteiger partial charge in [-0.25, -0.2) is 0 Å². The van der Waals surface area contributed by atoms with Gasteiger partial charge in [0.2, 0.25) is 0 Å². The molecular formula is C15H17NO3. The molecule has 0 spiro atoms. The lowest BCUT2D eigenvalue weighted by atomic mass is 10.0. The first kappa shape index (κ1) is 13.4. The van der Waals surface area contributed by atoms with Crippen molar-refractivity contribution < 1.29 is 14.6 Å². The second-order valence-corrected chi connectivity index (χ2v) is 4.29. The van der Waals surface area contributed by atoms with Gasteiger partial charge in [0.05, 0.1) is 13.5 Å². The van der Waals surface area contributed by atoms with Crippen molar-refractivity contribution in [2.75, 3.05) is 13.7 Å². The molecule has 4 heteroatoms. The van der Waals surface area contributed by atoms with Gasteiger partial charge in [-0.3, -0.25) is 4.79 Å². The van der Waals surface area contributed by atoms with Crippen molar-refractivity contribution >= 4 is 16.7 Å². The van der Waals surface area contributed by atoms with Crippen LogP contribution in [0.2, 0.25) is 0 Å². The largest absolute Gasteiger partial charge is 0.496 e. The molecule has 0 amide bonds. The van der Waals surface area contributed by atoms with Crippen LogP contribution in [-0.4, -0.2) is 24.7 Å². The highest BCUT2D eigenvalue weighted by atomic mass is 16.5. The summed E-state index contributed by atoms with van der Waals surface area (Å²) < 4.78 is 5.34. The molecule has 19 heavy (non-hydrogen) atoms. The maximum absolute atomic E-state index is 10.4. The Labute approximate surface area is 112 Å². The van der Waals surface area contributed by atoms with Crippen molar-refractivity contribution in [3.05, 3.63) is 42.0 Å². The third-order valence-electron chi connectivity index (χ3n) is 3.03. The van der Waals surface area contributed by atoms with Gasteiger partial charge in [0.25, 0.3) is 0 Å². The number of nitrogens with one attached hydrogen (secondary N) is 1. The Morgan fingerprint density at radius 3 is 2.63 bits per heavy atom. The third kappa shape index (κ3) is 3.23. The van der Waals surface area contributed by atoms with Crippen LogP contribution in [0.1, 0.15) is 12.0 Å². The van der Waals surface area contributed by atoms with Gasteiger partial charge < -0.3 is 15.2 Å². The Hall–Kier alpha value is -2.07. The molecule has 0 saturated heterocycles. The van der Waals surface area contributed by atoms with Crippen molar-refractivity contribution in [1.82, 2.24) is 5.32 Å². The molecule has 0 radical (unpaired) electrons. The fourth-order valence-electron chi connectivity index (χ4n) is 2.08. The SMILES string of the molecule is COc1ccc(CNCCC(=O)O)c2ccccc12. The summed E-state index contributed by atoms with van der Waals surface area (Å²) in [7, 11) is 1.66. The van der Waals surface area contributed by atoms with E-state index in [0.717, 1.165) is 22.1 Å². The van der Waals surface area contributed by atoms with E-state index in [2.05, 4.69) is 5.32 Å². The molecule has 0 saturated carbocycles. The molecule has 0 unspecified atom stereocenters. The standard InChI is InChI=1S/C15H17NO3/c1-19-14-7-6-11(10-16-9-8-15(17)18)12-4-2-3-5-13(12)14/h2-7,16H,8-10H2,1H3,(H,17,18). The molecule has 0 atom stereocenters. The zero-order valence-corrected chi connectivity index (χ0v) is 10.8. The zero-order chi connectivity index (χ0) is 13.7.